The molecule has 0 radical (unpaired) electrons. The molecule has 0 saturated carbocycles. The molecular formula is C24H30N6O4. The number of fused-ring (bicyclic) bond motifs is 1. The molecule has 1 N–H and O–H groups in total. The molecule has 5 rings (SSSR count). The lowest BCUT2D eigenvalue weighted by Gasteiger charge is -2.32. The Morgan fingerprint density at radius 1 is 1.15 bits per heavy atom. The lowest BCUT2D eigenvalue weighted by atomic mass is 9.86. The first-order chi connectivity index (χ1) is 16.4. The van der Waals surface area contributed by atoms with E-state index in [2.05, 4.69) is 45.9 Å². The van der Waals surface area contributed by atoms with E-state index in [4.69, 9.17) is 9.47 Å². The number of hydrogen-bond donors (Lipinski definition) is 1. The molecule has 1 amide bonds. The third-order valence-electron chi connectivity index (χ3n) is 6.80. The number of methoxy groups -OCH3 is 1. The van der Waals surface area contributed by atoms with Gasteiger partial charge in [0.1, 0.15) is 5.82 Å². The summed E-state index contributed by atoms with van der Waals surface area (Å²) in [6.45, 7) is 7.43. The molecule has 180 valence electrons. The minimum Gasteiger partial charge on any atom is -0.467 e. The molecule has 2 aromatic heterocycles. The summed E-state index contributed by atoms with van der Waals surface area (Å²) in [5.41, 5.74) is 3.40. The highest BCUT2D eigenvalue weighted by molar-refractivity contribution is 5.82. The Morgan fingerprint density at radius 2 is 1.91 bits per heavy atom. The van der Waals surface area contributed by atoms with Crippen molar-refractivity contribution in [3.05, 3.63) is 35.5 Å². The van der Waals surface area contributed by atoms with Crippen LogP contribution in [0.1, 0.15) is 36.8 Å². The summed E-state index contributed by atoms with van der Waals surface area (Å²) in [6.07, 6.45) is 2.76. The van der Waals surface area contributed by atoms with E-state index in [9.17, 15) is 9.90 Å². The summed E-state index contributed by atoms with van der Waals surface area (Å²) in [7, 11) is 1.57. The minimum absolute atomic E-state index is 0.127. The zero-order chi connectivity index (χ0) is 23.8. The van der Waals surface area contributed by atoms with E-state index in [1.807, 2.05) is 16.9 Å². The van der Waals surface area contributed by atoms with Crippen molar-refractivity contribution < 1.29 is 19.4 Å². The van der Waals surface area contributed by atoms with E-state index in [1.165, 1.54) is 16.0 Å². The van der Waals surface area contributed by atoms with E-state index < -0.39 is 6.09 Å². The lowest BCUT2D eigenvalue weighted by Crippen LogP contribution is -2.41. The number of likely N-dealkylation sites (tertiary alicyclic amines) is 1. The van der Waals surface area contributed by atoms with Gasteiger partial charge in [-0.15, -0.1) is 0 Å². The van der Waals surface area contributed by atoms with Crippen LogP contribution in [0, 0.1) is 6.92 Å². The molecule has 10 heteroatoms. The van der Waals surface area contributed by atoms with Crippen LogP contribution >= 0.6 is 0 Å². The normalized spacial score (nSPS) is 19.6. The highest BCUT2D eigenvalue weighted by Crippen LogP contribution is 2.34. The Labute approximate surface area is 198 Å². The Bertz CT molecular complexity index is 1200. The van der Waals surface area contributed by atoms with Crippen molar-refractivity contribution in [1.82, 2.24) is 24.6 Å². The van der Waals surface area contributed by atoms with Crippen LogP contribution in [-0.4, -0.2) is 81.8 Å². The third-order valence-corrected chi connectivity index (χ3v) is 6.80. The number of morpholine rings is 1. The SMILES string of the molecule is COc1nc(N2CCO[C@@H](C)C2)cc(-n2ncc3cc(C)c(C4CCN(C(=O)O)CC4)cc32)n1. The number of nitrogens with zero attached hydrogens (tertiary/aromatic N) is 6. The van der Waals surface area contributed by atoms with Gasteiger partial charge in [0, 0.05) is 37.6 Å². The minimum atomic E-state index is -0.841. The topological polar surface area (TPSA) is 106 Å². The molecule has 0 bridgehead atoms. The van der Waals surface area contributed by atoms with Crippen molar-refractivity contribution in [2.45, 2.75) is 38.7 Å². The van der Waals surface area contributed by atoms with Gasteiger partial charge in [-0.1, -0.05) is 0 Å². The second kappa shape index (κ2) is 9.09. The molecule has 3 aromatic rings. The van der Waals surface area contributed by atoms with Crippen molar-refractivity contribution in [2.75, 3.05) is 44.8 Å². The van der Waals surface area contributed by atoms with Crippen molar-refractivity contribution in [3.63, 3.8) is 0 Å². The van der Waals surface area contributed by atoms with Gasteiger partial charge in [0.25, 0.3) is 0 Å². The number of benzene rings is 1. The number of piperidine rings is 1. The molecule has 10 nitrogen and oxygen atoms in total. The quantitative estimate of drug-likeness (QED) is 0.625. The molecule has 4 heterocycles. The Morgan fingerprint density at radius 3 is 2.62 bits per heavy atom. The average molecular weight is 467 g/mol. The van der Waals surface area contributed by atoms with Gasteiger partial charge in [0.05, 0.1) is 31.5 Å². The van der Waals surface area contributed by atoms with Gasteiger partial charge < -0.3 is 24.4 Å². The summed E-state index contributed by atoms with van der Waals surface area (Å²) in [4.78, 5) is 24.1. The van der Waals surface area contributed by atoms with Crippen LogP contribution in [0.2, 0.25) is 0 Å². The van der Waals surface area contributed by atoms with E-state index in [1.54, 1.807) is 7.11 Å². The molecule has 1 aromatic carbocycles. The van der Waals surface area contributed by atoms with Gasteiger partial charge in [-0.2, -0.15) is 15.1 Å². The maximum atomic E-state index is 11.3. The van der Waals surface area contributed by atoms with E-state index in [0.29, 0.717) is 37.4 Å². The Kier molecular flexibility index (Phi) is 5.99. The summed E-state index contributed by atoms with van der Waals surface area (Å²) in [5.74, 6) is 1.74. The predicted octanol–water partition coefficient (Wildman–Crippen LogP) is 3.22. The molecule has 1 atom stereocenters. The molecule has 2 fully saturated rings. The number of aryl methyl sites for hydroxylation is 1. The Hall–Kier alpha value is -3.40. The Balaban J connectivity index is 1.51. The van der Waals surface area contributed by atoms with E-state index >= 15 is 0 Å². The van der Waals surface area contributed by atoms with Crippen LogP contribution < -0.4 is 9.64 Å². The molecule has 2 saturated heterocycles. The maximum Gasteiger partial charge on any atom is 0.407 e. The summed E-state index contributed by atoms with van der Waals surface area (Å²) < 4.78 is 12.9. The maximum absolute atomic E-state index is 11.3. The number of carbonyl (C=O) groups is 1. The van der Waals surface area contributed by atoms with Crippen LogP contribution in [-0.2, 0) is 4.74 Å². The van der Waals surface area contributed by atoms with Gasteiger partial charge in [0.15, 0.2) is 5.82 Å². The van der Waals surface area contributed by atoms with Crippen molar-refractivity contribution in [3.8, 4) is 11.8 Å². The van der Waals surface area contributed by atoms with Gasteiger partial charge in [0.2, 0.25) is 0 Å². The molecule has 34 heavy (non-hydrogen) atoms. The van der Waals surface area contributed by atoms with Crippen LogP contribution in [0.25, 0.3) is 16.7 Å². The second-order valence-electron chi connectivity index (χ2n) is 9.07. The van der Waals surface area contributed by atoms with Crippen LogP contribution in [0.15, 0.2) is 24.4 Å². The molecule has 0 spiro atoms. The highest BCUT2D eigenvalue weighted by atomic mass is 16.5. The number of amides is 1. The van der Waals surface area contributed by atoms with Crippen molar-refractivity contribution in [2.24, 2.45) is 0 Å². The van der Waals surface area contributed by atoms with Crippen LogP contribution in [0.3, 0.4) is 0 Å². The van der Waals surface area contributed by atoms with Crippen molar-refractivity contribution in [1.29, 1.82) is 0 Å². The van der Waals surface area contributed by atoms with Crippen molar-refractivity contribution >= 4 is 22.8 Å². The number of aromatic nitrogens is 4. The average Bonchev–Trinajstić information content (AvgIpc) is 3.26. The molecule has 0 unspecified atom stereocenters. The van der Waals surface area contributed by atoms with Gasteiger partial charge in [-0.3, -0.25) is 0 Å². The summed E-state index contributed by atoms with van der Waals surface area (Å²) in [5, 5.41) is 15.0. The van der Waals surface area contributed by atoms with Gasteiger partial charge in [-0.25, -0.2) is 9.48 Å². The predicted molar refractivity (Wildman–Crippen MR) is 127 cm³/mol. The number of ether oxygens (including phenoxy) is 2. The summed E-state index contributed by atoms with van der Waals surface area (Å²) >= 11 is 0. The number of anilines is 1. The fraction of sp³-hybridized carbons (Fsp3) is 0.500. The summed E-state index contributed by atoms with van der Waals surface area (Å²) in [6, 6.07) is 6.58. The largest absolute Gasteiger partial charge is 0.467 e. The van der Waals surface area contributed by atoms with Crippen LogP contribution in [0.4, 0.5) is 10.6 Å². The monoisotopic (exact) mass is 466 g/mol. The molecule has 2 aliphatic rings. The lowest BCUT2D eigenvalue weighted by molar-refractivity contribution is 0.0529. The standard InChI is InChI=1S/C24H30N6O4/c1-15-10-18-13-25-30(20(18)11-19(15)17-4-6-28(7-5-17)24(31)32)22-12-21(26-23(27-22)33-3)29-8-9-34-16(2)14-29/h10-13,16-17H,4-9,14H2,1-3H3,(H,31,32)/t16-/m0/s1. The number of carboxylic acid groups (broad SMARTS) is 1. The van der Waals surface area contributed by atoms with Gasteiger partial charge in [-0.05, 0) is 55.9 Å². The van der Waals surface area contributed by atoms with E-state index in [-0.39, 0.29) is 6.10 Å². The molecule has 0 aliphatic carbocycles. The van der Waals surface area contributed by atoms with E-state index in [0.717, 1.165) is 42.7 Å². The zero-order valence-corrected chi connectivity index (χ0v) is 19.8. The fourth-order valence-electron chi connectivity index (χ4n) is 5.00. The second-order valence-corrected chi connectivity index (χ2v) is 9.07. The molecular weight excluding hydrogens is 436 g/mol. The highest BCUT2D eigenvalue weighted by Gasteiger charge is 2.26. The first kappa shape index (κ1) is 22.4. The fourth-order valence-corrected chi connectivity index (χ4v) is 5.00. The number of hydrogen-bond acceptors (Lipinski definition) is 7. The third kappa shape index (κ3) is 4.25. The van der Waals surface area contributed by atoms with Crippen LogP contribution in [0.5, 0.6) is 6.01 Å². The smallest absolute Gasteiger partial charge is 0.407 e. The first-order valence-electron chi connectivity index (χ1n) is 11.7. The van der Waals surface area contributed by atoms with Gasteiger partial charge >= 0.3 is 12.1 Å². The zero-order valence-electron chi connectivity index (χ0n) is 19.8. The molecule has 2 aliphatic heterocycles. The number of rotatable bonds is 4. The first-order valence-corrected chi connectivity index (χ1v) is 11.7.